The third-order valence-corrected chi connectivity index (χ3v) is 2.69. The molecule has 0 bridgehead atoms. The number of hydrogen-bond acceptors (Lipinski definition) is 4. The Hall–Kier alpha value is -1.08. The molecule has 1 rings (SSSR count). The molecule has 1 aromatic rings. The van der Waals surface area contributed by atoms with Gasteiger partial charge in [-0.3, -0.25) is 4.68 Å². The van der Waals surface area contributed by atoms with Crippen LogP contribution >= 0.6 is 0 Å². The van der Waals surface area contributed by atoms with Crippen LogP contribution < -0.4 is 5.32 Å². The van der Waals surface area contributed by atoms with Crippen LogP contribution in [0.4, 0.5) is 8.78 Å². The lowest BCUT2D eigenvalue weighted by Crippen LogP contribution is -2.30. The summed E-state index contributed by atoms with van der Waals surface area (Å²) in [6.07, 6.45) is 0.502. The van der Waals surface area contributed by atoms with Gasteiger partial charge in [-0.15, -0.1) is 0 Å². The highest BCUT2D eigenvalue weighted by molar-refractivity contribution is 4.89. The zero-order valence-electron chi connectivity index (χ0n) is 10.8. The van der Waals surface area contributed by atoms with E-state index in [2.05, 4.69) is 15.4 Å². The number of nitrogens with zero attached hydrogens (tertiary/aromatic N) is 3. The van der Waals surface area contributed by atoms with Crippen molar-refractivity contribution >= 4 is 0 Å². The van der Waals surface area contributed by atoms with E-state index in [0.29, 0.717) is 19.4 Å². The fraction of sp³-hybridized carbons (Fsp3) is 0.818. The molecule has 0 aliphatic carbocycles. The zero-order valence-corrected chi connectivity index (χ0v) is 10.8. The zero-order chi connectivity index (χ0) is 13.4. The predicted molar refractivity (Wildman–Crippen MR) is 63.7 cm³/mol. The quantitative estimate of drug-likeness (QED) is 0.677. The monoisotopic (exact) mass is 262 g/mol. The Morgan fingerprint density at radius 1 is 1.50 bits per heavy atom. The third kappa shape index (κ3) is 5.05. The van der Waals surface area contributed by atoms with Crippen LogP contribution in [-0.4, -0.2) is 47.5 Å². The number of alkyl halides is 2. The van der Waals surface area contributed by atoms with Gasteiger partial charge >= 0.3 is 0 Å². The number of ether oxygens (including phenoxy) is 1. The fourth-order valence-corrected chi connectivity index (χ4v) is 1.68. The van der Waals surface area contributed by atoms with E-state index < -0.39 is 13.0 Å². The number of aryl methyl sites for hydroxylation is 1. The Balaban J connectivity index is 2.33. The second-order valence-electron chi connectivity index (χ2n) is 3.94. The van der Waals surface area contributed by atoms with E-state index >= 15 is 0 Å². The summed E-state index contributed by atoms with van der Waals surface area (Å²) in [6, 6.07) is 0.150. The Labute approximate surface area is 106 Å². The molecule has 0 amide bonds. The lowest BCUT2D eigenvalue weighted by atomic mass is 10.1. The van der Waals surface area contributed by atoms with E-state index in [-0.39, 0.29) is 6.04 Å². The Kier molecular flexibility index (Phi) is 6.74. The van der Waals surface area contributed by atoms with Gasteiger partial charge in [0, 0.05) is 25.6 Å². The molecule has 0 saturated carbocycles. The summed E-state index contributed by atoms with van der Waals surface area (Å²) >= 11 is 0. The average Bonchev–Trinajstić information content (AvgIpc) is 2.79. The fourth-order valence-electron chi connectivity index (χ4n) is 1.68. The Bertz CT molecular complexity index is 333. The van der Waals surface area contributed by atoms with Crippen molar-refractivity contribution in [3.63, 3.8) is 0 Å². The Morgan fingerprint density at radius 2 is 2.28 bits per heavy atom. The van der Waals surface area contributed by atoms with E-state index in [1.54, 1.807) is 0 Å². The first-order valence-electron chi connectivity index (χ1n) is 6.07. The number of hydrogen-bond donors (Lipinski definition) is 1. The maximum atomic E-state index is 11.9. The molecule has 0 aliphatic rings. The van der Waals surface area contributed by atoms with Crippen molar-refractivity contribution in [2.45, 2.75) is 38.8 Å². The molecule has 0 saturated heterocycles. The molecule has 0 radical (unpaired) electrons. The van der Waals surface area contributed by atoms with Gasteiger partial charge in [0.1, 0.15) is 18.8 Å². The van der Waals surface area contributed by atoms with Crippen molar-refractivity contribution in [2.75, 3.05) is 20.3 Å². The van der Waals surface area contributed by atoms with E-state index in [9.17, 15) is 8.78 Å². The van der Waals surface area contributed by atoms with E-state index in [0.717, 1.165) is 12.4 Å². The van der Waals surface area contributed by atoms with Gasteiger partial charge in [0.15, 0.2) is 0 Å². The van der Waals surface area contributed by atoms with Crippen LogP contribution in [0.1, 0.15) is 19.2 Å². The molecule has 0 fully saturated rings. The first-order chi connectivity index (χ1) is 8.67. The van der Waals surface area contributed by atoms with Crippen molar-refractivity contribution in [2.24, 2.45) is 0 Å². The van der Waals surface area contributed by atoms with Crippen LogP contribution in [0.2, 0.25) is 0 Å². The molecule has 0 aromatic carbocycles. The van der Waals surface area contributed by atoms with Gasteiger partial charge in [0.25, 0.3) is 6.43 Å². The normalized spacial score (nSPS) is 13.2. The van der Waals surface area contributed by atoms with Crippen molar-refractivity contribution in [1.82, 2.24) is 20.1 Å². The van der Waals surface area contributed by atoms with Gasteiger partial charge < -0.3 is 10.1 Å². The molecular formula is C11H20F2N4O. The van der Waals surface area contributed by atoms with Crippen LogP contribution in [0.15, 0.2) is 6.33 Å². The third-order valence-electron chi connectivity index (χ3n) is 2.69. The standard InChI is InChI=1S/C11H20F2N4O/c1-3-17-11(15-8-16-17)6-9(14-2)4-5-18-7-10(12)13/h8-10,14H,3-7H2,1-2H3. The SMILES string of the molecule is CCn1ncnc1CC(CCOCC(F)F)NC. The Morgan fingerprint density at radius 3 is 2.89 bits per heavy atom. The van der Waals surface area contributed by atoms with Gasteiger partial charge in [-0.25, -0.2) is 13.8 Å². The van der Waals surface area contributed by atoms with Crippen molar-refractivity contribution < 1.29 is 13.5 Å². The number of aromatic nitrogens is 3. The molecule has 1 heterocycles. The maximum absolute atomic E-state index is 11.9. The first kappa shape index (κ1) is 15.0. The van der Waals surface area contributed by atoms with E-state index in [1.165, 1.54) is 6.33 Å². The lowest BCUT2D eigenvalue weighted by Gasteiger charge is -2.15. The van der Waals surface area contributed by atoms with Crippen molar-refractivity contribution in [1.29, 1.82) is 0 Å². The van der Waals surface area contributed by atoms with Crippen LogP contribution in [0.5, 0.6) is 0 Å². The summed E-state index contributed by atoms with van der Waals surface area (Å²) < 4.78 is 30.5. The van der Waals surface area contributed by atoms with Gasteiger partial charge in [0.2, 0.25) is 0 Å². The highest BCUT2D eigenvalue weighted by atomic mass is 19.3. The van der Waals surface area contributed by atoms with Gasteiger partial charge in [-0.05, 0) is 20.4 Å². The minimum atomic E-state index is -2.40. The summed E-state index contributed by atoms with van der Waals surface area (Å²) in [4.78, 5) is 4.18. The van der Waals surface area contributed by atoms with Crippen LogP contribution in [0.25, 0.3) is 0 Å². The molecule has 18 heavy (non-hydrogen) atoms. The van der Waals surface area contributed by atoms with Gasteiger partial charge in [-0.1, -0.05) is 0 Å². The first-order valence-corrected chi connectivity index (χ1v) is 6.07. The average molecular weight is 262 g/mol. The second kappa shape index (κ2) is 8.10. The molecule has 0 spiro atoms. The molecule has 1 N–H and O–H groups in total. The smallest absolute Gasteiger partial charge is 0.261 e. The minimum Gasteiger partial charge on any atom is -0.375 e. The number of halogens is 2. The molecule has 1 aromatic heterocycles. The van der Waals surface area contributed by atoms with Crippen LogP contribution in [-0.2, 0) is 17.7 Å². The summed E-state index contributed by atoms with van der Waals surface area (Å²) in [7, 11) is 1.84. The highest BCUT2D eigenvalue weighted by Crippen LogP contribution is 2.04. The number of rotatable bonds is 9. The molecule has 5 nitrogen and oxygen atoms in total. The molecule has 1 atom stereocenters. The summed E-state index contributed by atoms with van der Waals surface area (Å²) in [5, 5.41) is 7.22. The van der Waals surface area contributed by atoms with E-state index in [4.69, 9.17) is 4.74 Å². The summed E-state index contributed by atoms with van der Waals surface area (Å²) in [5.41, 5.74) is 0. The summed E-state index contributed by atoms with van der Waals surface area (Å²) in [6.45, 7) is 2.59. The van der Waals surface area contributed by atoms with Crippen molar-refractivity contribution in [3.8, 4) is 0 Å². The number of nitrogens with one attached hydrogen (secondary N) is 1. The summed E-state index contributed by atoms with van der Waals surface area (Å²) in [5.74, 6) is 0.894. The molecule has 104 valence electrons. The van der Waals surface area contributed by atoms with Gasteiger partial charge in [-0.2, -0.15) is 5.10 Å². The predicted octanol–water partition coefficient (Wildman–Crippen LogP) is 1.10. The van der Waals surface area contributed by atoms with Crippen molar-refractivity contribution in [3.05, 3.63) is 12.2 Å². The lowest BCUT2D eigenvalue weighted by molar-refractivity contribution is 0.0145. The number of likely N-dealkylation sites (N-methyl/N-ethyl adjacent to an activating group) is 1. The second-order valence-corrected chi connectivity index (χ2v) is 3.94. The maximum Gasteiger partial charge on any atom is 0.261 e. The van der Waals surface area contributed by atoms with Crippen LogP contribution in [0.3, 0.4) is 0 Å². The molecule has 7 heteroatoms. The topological polar surface area (TPSA) is 52.0 Å². The minimum absolute atomic E-state index is 0.150. The van der Waals surface area contributed by atoms with E-state index in [1.807, 2.05) is 18.7 Å². The largest absolute Gasteiger partial charge is 0.375 e. The highest BCUT2D eigenvalue weighted by Gasteiger charge is 2.12. The van der Waals surface area contributed by atoms with Gasteiger partial charge in [0.05, 0.1) is 0 Å². The van der Waals surface area contributed by atoms with Crippen LogP contribution in [0, 0.1) is 0 Å². The molecule has 1 unspecified atom stereocenters. The molecular weight excluding hydrogens is 242 g/mol. The molecule has 0 aliphatic heterocycles.